The molecule has 1 N–H and O–H groups in total. The maximum absolute atomic E-state index is 12.4. The molecule has 1 aromatic rings. The fraction of sp³-hybridized carbons (Fsp3) is 0.643. The Kier molecular flexibility index (Phi) is 2.94. The standard InChI is InChI=1S/C14H20N2OS/c1-3-10-13(17)16(9-14(2)6-7-14)12(15-10)11-5-4-8-18-11/h4-5,8,10,12,15H,3,6-7,9H2,1-2H3. The molecule has 0 aromatic carbocycles. The number of thiophene rings is 1. The van der Waals surface area contributed by atoms with Gasteiger partial charge in [0.2, 0.25) is 5.91 Å². The first-order valence-electron chi connectivity index (χ1n) is 6.73. The molecule has 1 amide bonds. The number of rotatable bonds is 4. The minimum absolute atomic E-state index is 0.000509. The number of nitrogens with one attached hydrogen (secondary N) is 1. The predicted molar refractivity (Wildman–Crippen MR) is 73.3 cm³/mol. The average Bonchev–Trinajstić information content (AvgIpc) is 2.81. The number of carbonyl (C=O) groups is 1. The summed E-state index contributed by atoms with van der Waals surface area (Å²) in [5, 5.41) is 5.56. The van der Waals surface area contributed by atoms with Crippen LogP contribution in [0.5, 0.6) is 0 Å². The molecule has 0 spiro atoms. The SMILES string of the molecule is CCC1NC(c2cccs2)N(CC2(C)CC2)C1=O. The van der Waals surface area contributed by atoms with Gasteiger partial charge in [0.15, 0.2) is 0 Å². The van der Waals surface area contributed by atoms with E-state index in [1.807, 2.05) is 0 Å². The van der Waals surface area contributed by atoms with Gasteiger partial charge in [0.1, 0.15) is 6.17 Å². The maximum Gasteiger partial charge on any atom is 0.241 e. The van der Waals surface area contributed by atoms with Crippen molar-refractivity contribution < 1.29 is 4.79 Å². The van der Waals surface area contributed by atoms with Crippen molar-refractivity contribution in [1.29, 1.82) is 0 Å². The van der Waals surface area contributed by atoms with Crippen LogP contribution in [0.3, 0.4) is 0 Å². The van der Waals surface area contributed by atoms with Gasteiger partial charge in [-0.1, -0.05) is 19.9 Å². The number of amides is 1. The molecule has 2 aliphatic rings. The Morgan fingerprint density at radius 2 is 2.33 bits per heavy atom. The Labute approximate surface area is 112 Å². The molecule has 1 saturated carbocycles. The van der Waals surface area contributed by atoms with Gasteiger partial charge in [0, 0.05) is 11.4 Å². The lowest BCUT2D eigenvalue weighted by molar-refractivity contribution is -0.130. The van der Waals surface area contributed by atoms with Crippen LogP contribution >= 0.6 is 11.3 Å². The summed E-state index contributed by atoms with van der Waals surface area (Å²) < 4.78 is 0. The smallest absolute Gasteiger partial charge is 0.241 e. The van der Waals surface area contributed by atoms with E-state index in [-0.39, 0.29) is 18.1 Å². The number of carbonyl (C=O) groups excluding carboxylic acids is 1. The topological polar surface area (TPSA) is 32.3 Å². The van der Waals surface area contributed by atoms with E-state index in [9.17, 15) is 4.79 Å². The zero-order valence-electron chi connectivity index (χ0n) is 11.0. The van der Waals surface area contributed by atoms with E-state index in [0.29, 0.717) is 5.41 Å². The molecule has 1 saturated heterocycles. The quantitative estimate of drug-likeness (QED) is 0.907. The van der Waals surface area contributed by atoms with Gasteiger partial charge in [-0.05, 0) is 36.1 Å². The zero-order valence-corrected chi connectivity index (χ0v) is 11.8. The van der Waals surface area contributed by atoms with Gasteiger partial charge in [-0.15, -0.1) is 11.3 Å². The lowest BCUT2D eigenvalue weighted by Gasteiger charge is -2.26. The fourth-order valence-corrected chi connectivity index (χ4v) is 3.40. The highest BCUT2D eigenvalue weighted by Crippen LogP contribution is 2.47. The minimum Gasteiger partial charge on any atom is -0.320 e. The monoisotopic (exact) mass is 264 g/mol. The number of hydrogen-bond acceptors (Lipinski definition) is 3. The largest absolute Gasteiger partial charge is 0.320 e. The predicted octanol–water partition coefficient (Wildman–Crippen LogP) is 2.76. The second kappa shape index (κ2) is 4.35. The van der Waals surface area contributed by atoms with E-state index in [1.165, 1.54) is 17.7 Å². The number of hydrogen-bond donors (Lipinski definition) is 1. The molecule has 0 radical (unpaired) electrons. The Balaban J connectivity index is 1.83. The van der Waals surface area contributed by atoms with Gasteiger partial charge in [0.25, 0.3) is 0 Å². The van der Waals surface area contributed by atoms with Gasteiger partial charge in [-0.3, -0.25) is 10.1 Å². The Morgan fingerprint density at radius 1 is 1.56 bits per heavy atom. The summed E-state index contributed by atoms with van der Waals surface area (Å²) in [5.41, 5.74) is 0.371. The van der Waals surface area contributed by atoms with E-state index < -0.39 is 0 Å². The fourth-order valence-electron chi connectivity index (χ4n) is 2.61. The van der Waals surface area contributed by atoms with E-state index in [4.69, 9.17) is 0 Å². The molecule has 2 fully saturated rings. The molecular formula is C14H20N2OS. The van der Waals surface area contributed by atoms with Crippen molar-refractivity contribution in [3.8, 4) is 0 Å². The van der Waals surface area contributed by atoms with Gasteiger partial charge in [-0.25, -0.2) is 0 Å². The maximum atomic E-state index is 12.4. The minimum atomic E-state index is -0.000509. The summed E-state index contributed by atoms with van der Waals surface area (Å²) in [4.78, 5) is 15.7. The molecule has 1 aliphatic heterocycles. The van der Waals surface area contributed by atoms with Crippen LogP contribution in [0.2, 0.25) is 0 Å². The summed E-state index contributed by atoms with van der Waals surface area (Å²) in [6.07, 6.45) is 3.48. The molecular weight excluding hydrogens is 244 g/mol. The molecule has 1 aliphatic carbocycles. The van der Waals surface area contributed by atoms with Crippen molar-refractivity contribution in [2.24, 2.45) is 5.41 Å². The van der Waals surface area contributed by atoms with Gasteiger partial charge >= 0.3 is 0 Å². The van der Waals surface area contributed by atoms with E-state index >= 15 is 0 Å². The molecule has 3 rings (SSSR count). The summed E-state index contributed by atoms with van der Waals surface area (Å²) in [5.74, 6) is 0.282. The third kappa shape index (κ3) is 2.08. The molecule has 1 aromatic heterocycles. The molecule has 2 heterocycles. The summed E-state index contributed by atoms with van der Waals surface area (Å²) in [6, 6.07) is 4.18. The van der Waals surface area contributed by atoms with Crippen LogP contribution in [0.25, 0.3) is 0 Å². The van der Waals surface area contributed by atoms with Crippen LogP contribution in [-0.4, -0.2) is 23.4 Å². The van der Waals surface area contributed by atoms with Crippen molar-refractivity contribution in [3.63, 3.8) is 0 Å². The molecule has 3 nitrogen and oxygen atoms in total. The third-order valence-electron chi connectivity index (χ3n) is 4.13. The van der Waals surface area contributed by atoms with Gasteiger partial charge in [0.05, 0.1) is 6.04 Å². The average molecular weight is 264 g/mol. The van der Waals surface area contributed by atoms with E-state index in [2.05, 4.69) is 41.6 Å². The van der Waals surface area contributed by atoms with Crippen molar-refractivity contribution >= 4 is 17.2 Å². The molecule has 98 valence electrons. The summed E-state index contributed by atoms with van der Waals surface area (Å²) >= 11 is 1.73. The van der Waals surface area contributed by atoms with Crippen LogP contribution in [-0.2, 0) is 4.79 Å². The lowest BCUT2D eigenvalue weighted by Crippen LogP contribution is -2.35. The van der Waals surface area contributed by atoms with Crippen LogP contribution in [0.1, 0.15) is 44.2 Å². The summed E-state index contributed by atoms with van der Waals surface area (Å²) in [6.45, 7) is 5.26. The van der Waals surface area contributed by atoms with Gasteiger partial charge in [-0.2, -0.15) is 0 Å². The molecule has 18 heavy (non-hydrogen) atoms. The van der Waals surface area contributed by atoms with Crippen LogP contribution < -0.4 is 5.32 Å². The van der Waals surface area contributed by atoms with Crippen molar-refractivity contribution in [3.05, 3.63) is 22.4 Å². The van der Waals surface area contributed by atoms with E-state index in [1.54, 1.807) is 11.3 Å². The molecule has 0 bridgehead atoms. The van der Waals surface area contributed by atoms with Gasteiger partial charge < -0.3 is 4.90 Å². The van der Waals surface area contributed by atoms with Crippen LogP contribution in [0, 0.1) is 5.41 Å². The first-order valence-corrected chi connectivity index (χ1v) is 7.61. The highest BCUT2D eigenvalue weighted by molar-refractivity contribution is 7.10. The second-order valence-corrected chi connectivity index (χ2v) is 6.80. The highest BCUT2D eigenvalue weighted by Gasteiger charge is 2.46. The van der Waals surface area contributed by atoms with Crippen molar-refractivity contribution in [2.75, 3.05) is 6.54 Å². The Bertz CT molecular complexity index is 439. The zero-order chi connectivity index (χ0) is 12.8. The first-order chi connectivity index (χ1) is 8.63. The Morgan fingerprint density at radius 3 is 2.89 bits per heavy atom. The van der Waals surface area contributed by atoms with Crippen LogP contribution in [0.4, 0.5) is 0 Å². The number of nitrogens with zero attached hydrogens (tertiary/aromatic N) is 1. The molecule has 4 heteroatoms. The lowest BCUT2D eigenvalue weighted by atomic mass is 10.1. The second-order valence-electron chi connectivity index (χ2n) is 5.82. The first kappa shape index (κ1) is 12.2. The molecule has 2 atom stereocenters. The van der Waals surface area contributed by atoms with Crippen molar-refractivity contribution in [2.45, 2.75) is 45.3 Å². The van der Waals surface area contributed by atoms with Crippen LogP contribution in [0.15, 0.2) is 17.5 Å². The van der Waals surface area contributed by atoms with E-state index in [0.717, 1.165) is 13.0 Å². The third-order valence-corrected chi connectivity index (χ3v) is 5.05. The summed E-state index contributed by atoms with van der Waals surface area (Å²) in [7, 11) is 0. The van der Waals surface area contributed by atoms with Crippen molar-refractivity contribution in [1.82, 2.24) is 10.2 Å². The Hall–Kier alpha value is -0.870. The normalized spacial score (nSPS) is 29.9. The molecule has 2 unspecified atom stereocenters. The highest BCUT2D eigenvalue weighted by atomic mass is 32.1.